The third-order valence-electron chi connectivity index (χ3n) is 3.84. The Kier molecular flexibility index (Phi) is 4.58. The lowest BCUT2D eigenvalue weighted by Gasteiger charge is -2.30. The van der Waals surface area contributed by atoms with Gasteiger partial charge >= 0.3 is 16.4 Å². The number of fused-ring (bicyclic) bond motifs is 2. The van der Waals surface area contributed by atoms with Crippen LogP contribution in [-0.4, -0.2) is 66.6 Å². The van der Waals surface area contributed by atoms with Crippen LogP contribution < -0.4 is 5.73 Å². The Balaban J connectivity index is 2.26. The summed E-state index contributed by atoms with van der Waals surface area (Å²) >= 11 is 0. The van der Waals surface area contributed by atoms with Crippen molar-refractivity contribution in [1.29, 1.82) is 0 Å². The molecule has 13 heteroatoms. The molecule has 24 heavy (non-hydrogen) atoms. The number of hydrogen-bond acceptors (Lipinski definition) is 6. The predicted molar refractivity (Wildman–Crippen MR) is 83.7 cm³/mol. The van der Waals surface area contributed by atoms with Gasteiger partial charge in [-0.3, -0.25) is 4.55 Å². The average molecular weight is 384 g/mol. The Labute approximate surface area is 140 Å². The van der Waals surface area contributed by atoms with Crippen LogP contribution >= 0.6 is 0 Å². The van der Waals surface area contributed by atoms with Gasteiger partial charge in [-0.15, -0.1) is 8.68 Å². The molecule has 0 radical (unpaired) electrons. The maximum atomic E-state index is 12.2. The number of sulfonamides is 1. The van der Waals surface area contributed by atoms with E-state index in [0.29, 0.717) is 11.5 Å². The largest absolute Gasteiger partial charge is 0.418 e. The number of nitrogens with zero attached hydrogens (tertiary/aromatic N) is 3. The second kappa shape index (κ2) is 5.82. The third kappa shape index (κ3) is 3.63. The zero-order chi connectivity index (χ0) is 18.5. The minimum absolute atomic E-state index is 0.0881. The summed E-state index contributed by atoms with van der Waals surface area (Å²) < 4.78 is 61.4. The number of hydrogen-bond donors (Lipinski definition) is 2. The average Bonchev–Trinajstić information content (AvgIpc) is 2.60. The van der Waals surface area contributed by atoms with Crippen molar-refractivity contribution >= 4 is 32.3 Å². The van der Waals surface area contributed by atoms with E-state index in [4.69, 9.17) is 10.3 Å². The van der Waals surface area contributed by atoms with Crippen LogP contribution in [0.1, 0.15) is 33.6 Å². The fraction of sp³-hybridized carbons (Fsp3) is 0.818. The van der Waals surface area contributed by atoms with E-state index in [1.54, 1.807) is 0 Å². The first kappa shape index (κ1) is 18.9. The Bertz CT molecular complexity index is 769. The highest BCUT2D eigenvalue weighted by Crippen LogP contribution is 2.31. The lowest BCUT2D eigenvalue weighted by atomic mass is 10.0. The van der Waals surface area contributed by atoms with Crippen LogP contribution in [0.25, 0.3) is 0 Å². The zero-order valence-electron chi connectivity index (χ0n) is 13.4. The second-order valence-corrected chi connectivity index (χ2v) is 9.98. The van der Waals surface area contributed by atoms with Crippen LogP contribution in [0.15, 0.2) is 4.40 Å². The summed E-state index contributed by atoms with van der Waals surface area (Å²) in [4.78, 5) is 13.4. The molecular formula is C11H20N4O7S2. The second-order valence-electron chi connectivity index (χ2n) is 6.61. The van der Waals surface area contributed by atoms with E-state index in [1.165, 1.54) is 25.7 Å². The molecule has 0 saturated carbocycles. The zero-order valence-corrected chi connectivity index (χ0v) is 15.0. The Hall–Kier alpha value is -1.44. The van der Waals surface area contributed by atoms with Gasteiger partial charge in [-0.1, -0.05) is 0 Å². The lowest BCUT2D eigenvalue weighted by molar-refractivity contribution is -0.0316. The van der Waals surface area contributed by atoms with Crippen molar-refractivity contribution in [1.82, 2.24) is 9.96 Å². The maximum Gasteiger partial charge on any atom is 0.418 e. The summed E-state index contributed by atoms with van der Waals surface area (Å²) in [6, 6.07) is -2.20. The highest BCUT2D eigenvalue weighted by atomic mass is 32.3. The van der Waals surface area contributed by atoms with E-state index >= 15 is 0 Å². The number of carbonyl (C=O) groups is 1. The SMILES string of the molecule is CC(C)(C)S(=O)(=O)N=C(N)[C@@H]1CC[C@@H]2CN1C(=O)N2OS(=O)(=O)O. The van der Waals surface area contributed by atoms with E-state index in [-0.39, 0.29) is 18.8 Å². The molecule has 2 bridgehead atoms. The first-order chi connectivity index (χ1) is 10.7. The van der Waals surface area contributed by atoms with E-state index < -0.39 is 43.3 Å². The van der Waals surface area contributed by atoms with Gasteiger partial charge in [0.15, 0.2) is 0 Å². The van der Waals surface area contributed by atoms with Crippen LogP contribution in [0.2, 0.25) is 0 Å². The molecule has 2 aliphatic rings. The van der Waals surface area contributed by atoms with Gasteiger partial charge in [0.1, 0.15) is 5.84 Å². The van der Waals surface area contributed by atoms with Crippen molar-refractivity contribution < 1.29 is 30.5 Å². The summed E-state index contributed by atoms with van der Waals surface area (Å²) in [7, 11) is -8.72. The van der Waals surface area contributed by atoms with Gasteiger partial charge in [0.05, 0.1) is 16.8 Å². The first-order valence-electron chi connectivity index (χ1n) is 7.09. The van der Waals surface area contributed by atoms with Crippen LogP contribution in [0.3, 0.4) is 0 Å². The van der Waals surface area contributed by atoms with Crippen molar-refractivity contribution in [3.8, 4) is 0 Å². The van der Waals surface area contributed by atoms with Gasteiger partial charge in [0, 0.05) is 6.54 Å². The lowest BCUT2D eigenvalue weighted by Crippen LogP contribution is -2.48. The molecule has 0 unspecified atom stereocenters. The molecule has 2 aliphatic heterocycles. The van der Waals surface area contributed by atoms with E-state index in [1.807, 2.05) is 0 Å². The molecule has 2 amide bonds. The number of piperidine rings is 1. The molecule has 0 aromatic carbocycles. The number of rotatable bonds is 4. The van der Waals surface area contributed by atoms with Crippen molar-refractivity contribution in [2.24, 2.45) is 10.1 Å². The molecule has 2 fully saturated rings. The number of amidine groups is 1. The summed E-state index contributed by atoms with van der Waals surface area (Å²) in [6.07, 6.45) is 0.602. The van der Waals surface area contributed by atoms with Gasteiger partial charge in [0.25, 0.3) is 10.0 Å². The molecule has 2 saturated heterocycles. The Morgan fingerprint density at radius 3 is 2.38 bits per heavy atom. The molecule has 2 atom stereocenters. The molecule has 3 N–H and O–H groups in total. The summed E-state index contributed by atoms with van der Waals surface area (Å²) in [6.45, 7) is 4.50. The van der Waals surface area contributed by atoms with Crippen LogP contribution in [0, 0.1) is 0 Å². The minimum Gasteiger partial charge on any atom is -0.385 e. The number of amides is 2. The van der Waals surface area contributed by atoms with E-state index in [9.17, 15) is 21.6 Å². The van der Waals surface area contributed by atoms with Crippen molar-refractivity contribution in [3.05, 3.63) is 0 Å². The van der Waals surface area contributed by atoms with Crippen LogP contribution in [-0.2, 0) is 24.7 Å². The third-order valence-corrected chi connectivity index (χ3v) is 6.19. The Morgan fingerprint density at radius 1 is 1.29 bits per heavy atom. The monoisotopic (exact) mass is 384 g/mol. The molecule has 2 rings (SSSR count). The fourth-order valence-corrected chi connectivity index (χ4v) is 3.54. The van der Waals surface area contributed by atoms with Gasteiger partial charge < -0.3 is 10.6 Å². The maximum absolute atomic E-state index is 12.2. The van der Waals surface area contributed by atoms with Crippen LogP contribution in [0.4, 0.5) is 4.79 Å². The quantitative estimate of drug-likeness (QED) is 0.372. The molecule has 0 aliphatic carbocycles. The van der Waals surface area contributed by atoms with Crippen molar-refractivity contribution in [2.45, 2.75) is 50.4 Å². The molecule has 11 nitrogen and oxygen atoms in total. The smallest absolute Gasteiger partial charge is 0.385 e. The molecule has 0 aromatic rings. The van der Waals surface area contributed by atoms with Crippen molar-refractivity contribution in [2.75, 3.05) is 6.54 Å². The topological polar surface area (TPSA) is 160 Å². The Morgan fingerprint density at radius 2 is 1.88 bits per heavy atom. The number of carbonyl (C=O) groups excluding carboxylic acids is 1. The fourth-order valence-electron chi connectivity index (χ4n) is 2.48. The van der Waals surface area contributed by atoms with Gasteiger partial charge in [0.2, 0.25) is 0 Å². The van der Waals surface area contributed by atoms with E-state index in [2.05, 4.69) is 8.68 Å². The van der Waals surface area contributed by atoms with Gasteiger partial charge in [-0.05, 0) is 33.6 Å². The first-order valence-corrected chi connectivity index (χ1v) is 9.90. The number of nitrogens with two attached hydrogens (primary N) is 1. The molecule has 2 heterocycles. The molecular weight excluding hydrogens is 364 g/mol. The summed E-state index contributed by atoms with van der Waals surface area (Å²) in [5, 5.41) is 0.556. The standard InChI is InChI=1S/C11H20N4O7S2/c1-11(2,3)23(17,18)13-9(12)8-5-4-7-6-14(8)10(16)15(7)22-24(19,20)21/h7-8H,4-6H2,1-3H3,(H2,12,13)(H,19,20,21)/t7-,8+/m1/s1. The minimum atomic E-state index is -4.84. The highest BCUT2D eigenvalue weighted by Gasteiger charge is 2.48. The summed E-state index contributed by atoms with van der Waals surface area (Å²) in [5.74, 6) is -0.245. The number of urea groups is 1. The van der Waals surface area contributed by atoms with Crippen molar-refractivity contribution in [3.63, 3.8) is 0 Å². The molecule has 0 aromatic heterocycles. The normalized spacial score (nSPS) is 26.2. The molecule has 138 valence electrons. The number of hydroxylamine groups is 2. The highest BCUT2D eigenvalue weighted by molar-refractivity contribution is 7.91. The van der Waals surface area contributed by atoms with E-state index in [0.717, 1.165) is 0 Å². The van der Waals surface area contributed by atoms with Gasteiger partial charge in [-0.2, -0.15) is 13.5 Å². The molecule has 0 spiro atoms. The predicted octanol–water partition coefficient (Wildman–Crippen LogP) is -0.525. The summed E-state index contributed by atoms with van der Waals surface area (Å²) in [5.41, 5.74) is 5.80. The van der Waals surface area contributed by atoms with Crippen LogP contribution in [0.5, 0.6) is 0 Å². The van der Waals surface area contributed by atoms with Gasteiger partial charge in [-0.25, -0.2) is 13.2 Å².